The average molecular weight is 407 g/mol. The van der Waals surface area contributed by atoms with E-state index in [1.165, 1.54) is 18.2 Å². The molecular weight excluding hydrogens is 391 g/mol. The summed E-state index contributed by atoms with van der Waals surface area (Å²) in [6.45, 7) is 0.781. The van der Waals surface area contributed by atoms with Crippen molar-refractivity contribution in [1.82, 2.24) is 0 Å². The van der Waals surface area contributed by atoms with Gasteiger partial charge < -0.3 is 14.2 Å². The SMILES string of the molecule is O=C(/C=C/c1ccc2c(c1)OCCCO2)OCC(=O)c1ccc(Cl)cc1Cl. The topological polar surface area (TPSA) is 61.8 Å². The van der Waals surface area contributed by atoms with E-state index in [4.69, 9.17) is 37.4 Å². The van der Waals surface area contributed by atoms with Crippen LogP contribution in [0.2, 0.25) is 10.0 Å². The average Bonchev–Trinajstić information content (AvgIpc) is 2.89. The van der Waals surface area contributed by atoms with Crippen molar-refractivity contribution in [2.75, 3.05) is 19.8 Å². The molecular formula is C20H16Cl2O5. The third-order valence-electron chi connectivity index (χ3n) is 3.76. The van der Waals surface area contributed by atoms with Crippen LogP contribution in [0, 0.1) is 0 Å². The molecule has 140 valence electrons. The van der Waals surface area contributed by atoms with Crippen LogP contribution in [0.5, 0.6) is 11.5 Å². The molecule has 0 fully saturated rings. The number of benzene rings is 2. The van der Waals surface area contributed by atoms with Gasteiger partial charge in [0.1, 0.15) is 0 Å². The molecule has 0 aliphatic carbocycles. The zero-order valence-corrected chi connectivity index (χ0v) is 15.8. The van der Waals surface area contributed by atoms with Crippen molar-refractivity contribution in [2.24, 2.45) is 0 Å². The quantitative estimate of drug-likeness (QED) is 0.412. The Morgan fingerprint density at radius 2 is 1.81 bits per heavy atom. The maximum absolute atomic E-state index is 12.1. The molecule has 1 heterocycles. The molecule has 0 N–H and O–H groups in total. The molecule has 0 saturated heterocycles. The molecule has 7 heteroatoms. The summed E-state index contributed by atoms with van der Waals surface area (Å²) in [5, 5.41) is 0.637. The van der Waals surface area contributed by atoms with Crippen LogP contribution in [0.15, 0.2) is 42.5 Å². The molecule has 0 spiro atoms. The fourth-order valence-electron chi connectivity index (χ4n) is 2.43. The number of Topliss-reactive ketones (excluding diaryl/α,β-unsaturated/α-hetero) is 1. The van der Waals surface area contributed by atoms with Gasteiger partial charge in [0, 0.05) is 23.1 Å². The summed E-state index contributed by atoms with van der Waals surface area (Å²) >= 11 is 11.8. The molecule has 27 heavy (non-hydrogen) atoms. The van der Waals surface area contributed by atoms with E-state index in [0.717, 1.165) is 12.0 Å². The van der Waals surface area contributed by atoms with Gasteiger partial charge in [-0.15, -0.1) is 0 Å². The first-order chi connectivity index (χ1) is 13.0. The summed E-state index contributed by atoms with van der Waals surface area (Å²) in [5.74, 6) is 0.266. The molecule has 2 aromatic rings. The van der Waals surface area contributed by atoms with Gasteiger partial charge in [-0.2, -0.15) is 0 Å². The first-order valence-electron chi connectivity index (χ1n) is 8.25. The molecule has 0 atom stereocenters. The minimum Gasteiger partial charge on any atom is -0.490 e. The minimum absolute atomic E-state index is 0.214. The fourth-order valence-corrected chi connectivity index (χ4v) is 2.94. The second-order valence-corrected chi connectivity index (χ2v) is 6.59. The minimum atomic E-state index is -0.638. The van der Waals surface area contributed by atoms with Crippen molar-refractivity contribution in [1.29, 1.82) is 0 Å². The van der Waals surface area contributed by atoms with Gasteiger partial charge in [-0.3, -0.25) is 4.79 Å². The fraction of sp³-hybridized carbons (Fsp3) is 0.200. The highest BCUT2D eigenvalue weighted by Gasteiger charge is 2.13. The van der Waals surface area contributed by atoms with Gasteiger partial charge in [0.2, 0.25) is 5.78 Å². The molecule has 2 aromatic carbocycles. The number of ketones is 1. The monoisotopic (exact) mass is 406 g/mol. The first-order valence-corrected chi connectivity index (χ1v) is 9.01. The van der Waals surface area contributed by atoms with Gasteiger partial charge in [-0.1, -0.05) is 29.3 Å². The summed E-state index contributed by atoms with van der Waals surface area (Å²) in [7, 11) is 0. The molecule has 3 rings (SSSR count). The summed E-state index contributed by atoms with van der Waals surface area (Å²) in [4.78, 5) is 24.0. The lowest BCUT2D eigenvalue weighted by Crippen LogP contribution is -2.13. The summed E-state index contributed by atoms with van der Waals surface area (Å²) in [6, 6.07) is 9.87. The molecule has 1 aliphatic heterocycles. The normalized spacial score (nSPS) is 13.3. The third-order valence-corrected chi connectivity index (χ3v) is 4.31. The Bertz CT molecular complexity index is 892. The molecule has 0 saturated carbocycles. The van der Waals surface area contributed by atoms with Gasteiger partial charge >= 0.3 is 5.97 Å². The smallest absolute Gasteiger partial charge is 0.331 e. The van der Waals surface area contributed by atoms with E-state index in [1.807, 2.05) is 0 Å². The Balaban J connectivity index is 1.57. The molecule has 0 amide bonds. The van der Waals surface area contributed by atoms with Crippen molar-refractivity contribution in [3.05, 3.63) is 63.6 Å². The van der Waals surface area contributed by atoms with Crippen LogP contribution < -0.4 is 9.47 Å². The number of ether oxygens (including phenoxy) is 3. The Kier molecular flexibility index (Phi) is 6.37. The van der Waals surface area contributed by atoms with E-state index >= 15 is 0 Å². The van der Waals surface area contributed by atoms with Gasteiger partial charge in [-0.05, 0) is 42.0 Å². The number of fused-ring (bicyclic) bond motifs is 1. The zero-order chi connectivity index (χ0) is 19.2. The van der Waals surface area contributed by atoms with Gasteiger partial charge in [-0.25, -0.2) is 4.79 Å². The Morgan fingerprint density at radius 3 is 2.59 bits per heavy atom. The van der Waals surface area contributed by atoms with E-state index in [1.54, 1.807) is 30.3 Å². The van der Waals surface area contributed by atoms with Crippen molar-refractivity contribution >= 4 is 41.0 Å². The molecule has 1 aliphatic rings. The standard InChI is InChI=1S/C20H16Cl2O5/c21-14-4-5-15(16(22)11-14)17(23)12-27-20(24)7-3-13-2-6-18-19(10-13)26-9-1-8-25-18/h2-7,10-11H,1,8-9,12H2/b7-3+. The molecule has 0 aromatic heterocycles. The second kappa shape index (κ2) is 8.93. The van der Waals surface area contributed by atoms with E-state index in [2.05, 4.69) is 0 Å². The number of carbonyl (C=O) groups is 2. The first kappa shape index (κ1) is 19.3. The number of carbonyl (C=O) groups excluding carboxylic acids is 2. The van der Waals surface area contributed by atoms with Crippen molar-refractivity contribution in [2.45, 2.75) is 6.42 Å². The maximum Gasteiger partial charge on any atom is 0.331 e. The number of rotatable bonds is 5. The van der Waals surface area contributed by atoms with Crippen molar-refractivity contribution in [3.63, 3.8) is 0 Å². The van der Waals surface area contributed by atoms with Crippen LogP contribution in [0.1, 0.15) is 22.3 Å². The largest absolute Gasteiger partial charge is 0.490 e. The zero-order valence-electron chi connectivity index (χ0n) is 14.2. The highest BCUT2D eigenvalue weighted by Crippen LogP contribution is 2.30. The number of esters is 1. The van der Waals surface area contributed by atoms with E-state index in [9.17, 15) is 9.59 Å². The Morgan fingerprint density at radius 1 is 1.04 bits per heavy atom. The lowest BCUT2D eigenvalue weighted by atomic mass is 10.1. The number of halogens is 2. The van der Waals surface area contributed by atoms with Crippen LogP contribution in [0.25, 0.3) is 6.08 Å². The van der Waals surface area contributed by atoms with Crippen molar-refractivity contribution < 1.29 is 23.8 Å². The molecule has 5 nitrogen and oxygen atoms in total. The third kappa shape index (κ3) is 5.25. The Hall–Kier alpha value is -2.50. The molecule has 0 radical (unpaired) electrons. The van der Waals surface area contributed by atoms with Crippen LogP contribution >= 0.6 is 23.2 Å². The highest BCUT2D eigenvalue weighted by molar-refractivity contribution is 6.36. The summed E-state index contributed by atoms with van der Waals surface area (Å²) < 4.78 is 16.1. The van der Waals surface area contributed by atoms with Gasteiger partial charge in [0.05, 0.1) is 18.2 Å². The predicted octanol–water partition coefficient (Wildman–Crippen LogP) is 4.59. The summed E-state index contributed by atoms with van der Waals surface area (Å²) in [5.41, 5.74) is 1.00. The second-order valence-electron chi connectivity index (χ2n) is 5.75. The number of hydrogen-bond acceptors (Lipinski definition) is 5. The van der Waals surface area contributed by atoms with E-state index < -0.39 is 18.4 Å². The number of hydrogen-bond donors (Lipinski definition) is 0. The molecule has 0 bridgehead atoms. The van der Waals surface area contributed by atoms with E-state index in [0.29, 0.717) is 29.7 Å². The van der Waals surface area contributed by atoms with Crippen LogP contribution in [-0.4, -0.2) is 31.6 Å². The lowest BCUT2D eigenvalue weighted by molar-refractivity contribution is -0.136. The Labute approximate surface area is 166 Å². The molecule has 0 unspecified atom stereocenters. The van der Waals surface area contributed by atoms with E-state index in [-0.39, 0.29) is 10.6 Å². The van der Waals surface area contributed by atoms with Crippen LogP contribution in [0.4, 0.5) is 0 Å². The van der Waals surface area contributed by atoms with Crippen LogP contribution in [0.3, 0.4) is 0 Å². The maximum atomic E-state index is 12.1. The van der Waals surface area contributed by atoms with Crippen LogP contribution in [-0.2, 0) is 9.53 Å². The van der Waals surface area contributed by atoms with Gasteiger partial charge in [0.15, 0.2) is 18.1 Å². The highest BCUT2D eigenvalue weighted by atomic mass is 35.5. The summed E-state index contributed by atoms with van der Waals surface area (Å²) in [6.07, 6.45) is 3.64. The predicted molar refractivity (Wildman–Crippen MR) is 103 cm³/mol. The lowest BCUT2D eigenvalue weighted by Gasteiger charge is -2.07. The van der Waals surface area contributed by atoms with Gasteiger partial charge in [0.25, 0.3) is 0 Å². The van der Waals surface area contributed by atoms with Crippen molar-refractivity contribution in [3.8, 4) is 11.5 Å².